The second-order valence-corrected chi connectivity index (χ2v) is 10.8. The summed E-state index contributed by atoms with van der Waals surface area (Å²) in [5, 5.41) is 8.96. The number of nitrogen functional groups attached to an aromatic ring is 1. The van der Waals surface area contributed by atoms with E-state index in [9.17, 15) is 4.79 Å². The molecule has 9 nitrogen and oxygen atoms in total. The molecule has 1 amide bonds. The van der Waals surface area contributed by atoms with Crippen LogP contribution in [0.1, 0.15) is 20.1 Å². The monoisotopic (exact) mass is 520 g/mol. The van der Waals surface area contributed by atoms with Gasteiger partial charge in [0, 0.05) is 60.6 Å². The standard InChI is InChI=1S/C25H28N8OS2/c1-16-3-4-17(13-19(16)29-25-30-20(15-35-25)23-27-8-7-22(26)31-23)28-24(34)21-6-5-18(36-21)14-33-11-9-32(2)10-12-33/h3-8,13,15H,9-12,14H2,1-2H3,(H,28,34)(H,29,30)(H2,26,27,31). The summed E-state index contributed by atoms with van der Waals surface area (Å²) in [7, 11) is 2.15. The zero-order valence-electron chi connectivity index (χ0n) is 20.2. The Hall–Kier alpha value is -3.38. The third-order valence-corrected chi connectivity index (χ3v) is 7.83. The molecule has 36 heavy (non-hydrogen) atoms. The molecule has 4 aromatic rings. The predicted molar refractivity (Wildman–Crippen MR) is 147 cm³/mol. The lowest BCUT2D eigenvalue weighted by Crippen LogP contribution is -2.43. The minimum atomic E-state index is -0.102. The van der Waals surface area contributed by atoms with E-state index in [1.54, 1.807) is 23.6 Å². The number of piperazine rings is 1. The summed E-state index contributed by atoms with van der Waals surface area (Å²) in [5.74, 6) is 0.786. The van der Waals surface area contributed by atoms with Crippen LogP contribution < -0.4 is 16.4 Å². The van der Waals surface area contributed by atoms with Crippen molar-refractivity contribution in [3.05, 3.63) is 63.3 Å². The van der Waals surface area contributed by atoms with Gasteiger partial charge in [0.25, 0.3) is 5.91 Å². The molecule has 0 saturated carbocycles. The van der Waals surface area contributed by atoms with E-state index in [-0.39, 0.29) is 5.91 Å². The van der Waals surface area contributed by atoms with Gasteiger partial charge in [-0.1, -0.05) is 6.07 Å². The number of anilines is 4. The van der Waals surface area contributed by atoms with Crippen molar-refractivity contribution in [1.29, 1.82) is 0 Å². The van der Waals surface area contributed by atoms with Gasteiger partial charge in [0.05, 0.1) is 4.88 Å². The molecule has 0 radical (unpaired) electrons. The van der Waals surface area contributed by atoms with Crippen LogP contribution in [0.25, 0.3) is 11.5 Å². The Morgan fingerprint density at radius 3 is 2.75 bits per heavy atom. The van der Waals surface area contributed by atoms with Gasteiger partial charge in [-0.2, -0.15) is 0 Å². The summed E-state index contributed by atoms with van der Waals surface area (Å²) < 4.78 is 0. The molecule has 1 aromatic carbocycles. The zero-order valence-corrected chi connectivity index (χ0v) is 21.8. The number of rotatable bonds is 7. The molecule has 186 valence electrons. The average Bonchev–Trinajstić information content (AvgIpc) is 3.53. The fourth-order valence-corrected chi connectivity index (χ4v) is 5.53. The van der Waals surface area contributed by atoms with Gasteiger partial charge in [-0.05, 0) is 49.9 Å². The van der Waals surface area contributed by atoms with Gasteiger partial charge in [-0.3, -0.25) is 9.69 Å². The third-order valence-electron chi connectivity index (χ3n) is 6.01. The van der Waals surface area contributed by atoms with Crippen molar-refractivity contribution in [2.75, 3.05) is 49.6 Å². The topological polar surface area (TPSA) is 112 Å². The van der Waals surface area contributed by atoms with E-state index in [0.717, 1.165) is 49.7 Å². The number of carbonyl (C=O) groups excluding carboxylic acids is 1. The molecule has 1 fully saturated rings. The first-order valence-corrected chi connectivity index (χ1v) is 13.4. The van der Waals surface area contributed by atoms with Crippen LogP contribution in [-0.4, -0.2) is 63.9 Å². The van der Waals surface area contributed by atoms with E-state index in [1.807, 2.05) is 36.6 Å². The normalized spacial score (nSPS) is 14.6. The Morgan fingerprint density at radius 1 is 1.11 bits per heavy atom. The second kappa shape index (κ2) is 10.7. The van der Waals surface area contributed by atoms with E-state index >= 15 is 0 Å². The number of thiazole rings is 1. The van der Waals surface area contributed by atoms with Gasteiger partial charge in [0.2, 0.25) is 0 Å². The van der Waals surface area contributed by atoms with Crippen LogP contribution in [0.5, 0.6) is 0 Å². The largest absolute Gasteiger partial charge is 0.384 e. The van der Waals surface area contributed by atoms with Crippen molar-refractivity contribution >= 4 is 50.9 Å². The number of hydrogen-bond acceptors (Lipinski definition) is 10. The molecule has 1 aliphatic heterocycles. The molecule has 0 atom stereocenters. The number of hydrogen-bond donors (Lipinski definition) is 3. The molecule has 11 heteroatoms. The van der Waals surface area contributed by atoms with Gasteiger partial charge in [0.1, 0.15) is 11.5 Å². The molecule has 1 saturated heterocycles. The summed E-state index contributed by atoms with van der Waals surface area (Å²) in [4.78, 5) is 32.7. The van der Waals surface area contributed by atoms with Gasteiger partial charge in [0.15, 0.2) is 11.0 Å². The van der Waals surface area contributed by atoms with Crippen molar-refractivity contribution in [2.45, 2.75) is 13.5 Å². The lowest BCUT2D eigenvalue weighted by Gasteiger charge is -2.31. The summed E-state index contributed by atoms with van der Waals surface area (Å²) in [5.41, 5.74) is 9.04. The van der Waals surface area contributed by atoms with Gasteiger partial charge in [-0.15, -0.1) is 22.7 Å². The number of aryl methyl sites for hydroxylation is 1. The van der Waals surface area contributed by atoms with Crippen molar-refractivity contribution < 1.29 is 4.79 Å². The summed E-state index contributed by atoms with van der Waals surface area (Å²) in [6.07, 6.45) is 1.61. The molecular formula is C25H28N8OS2. The fourth-order valence-electron chi connectivity index (χ4n) is 3.88. The Kier molecular flexibility index (Phi) is 7.23. The first-order valence-electron chi connectivity index (χ1n) is 11.7. The summed E-state index contributed by atoms with van der Waals surface area (Å²) in [6.45, 7) is 7.18. The highest BCUT2D eigenvalue weighted by Crippen LogP contribution is 2.29. The molecule has 3 aromatic heterocycles. The first kappa shape index (κ1) is 24.3. The molecular weight excluding hydrogens is 492 g/mol. The van der Waals surface area contributed by atoms with E-state index in [2.05, 4.69) is 48.5 Å². The van der Waals surface area contributed by atoms with Gasteiger partial charge >= 0.3 is 0 Å². The number of nitrogens with zero attached hydrogens (tertiary/aromatic N) is 5. The van der Waals surface area contributed by atoms with Crippen LogP contribution in [0, 0.1) is 6.92 Å². The number of likely N-dealkylation sites (N-methyl/N-ethyl adjacent to an activating group) is 1. The number of thiophene rings is 1. The Balaban J connectivity index is 1.23. The Labute approximate surface area is 218 Å². The number of nitrogens with one attached hydrogen (secondary N) is 2. The molecule has 5 rings (SSSR count). The van der Waals surface area contributed by atoms with E-state index in [4.69, 9.17) is 5.73 Å². The zero-order chi connectivity index (χ0) is 25.1. The van der Waals surface area contributed by atoms with Gasteiger partial charge < -0.3 is 21.3 Å². The van der Waals surface area contributed by atoms with Crippen LogP contribution >= 0.6 is 22.7 Å². The lowest BCUT2D eigenvalue weighted by atomic mass is 10.2. The van der Waals surface area contributed by atoms with Crippen LogP contribution in [0.3, 0.4) is 0 Å². The highest BCUT2D eigenvalue weighted by molar-refractivity contribution is 7.14. The third kappa shape index (κ3) is 5.88. The maximum atomic E-state index is 12.9. The first-order chi connectivity index (χ1) is 17.4. The summed E-state index contributed by atoms with van der Waals surface area (Å²) in [6, 6.07) is 11.4. The van der Waals surface area contributed by atoms with Crippen molar-refractivity contribution in [3.63, 3.8) is 0 Å². The van der Waals surface area contributed by atoms with Crippen LogP contribution in [0.15, 0.2) is 48.0 Å². The smallest absolute Gasteiger partial charge is 0.265 e. The molecule has 0 bridgehead atoms. The highest BCUT2D eigenvalue weighted by atomic mass is 32.1. The van der Waals surface area contributed by atoms with E-state index < -0.39 is 0 Å². The maximum absolute atomic E-state index is 12.9. The molecule has 1 aliphatic rings. The summed E-state index contributed by atoms with van der Waals surface area (Å²) >= 11 is 3.01. The number of nitrogens with two attached hydrogens (primary N) is 1. The number of amides is 1. The average molecular weight is 521 g/mol. The quantitative estimate of drug-likeness (QED) is 0.331. The number of benzene rings is 1. The van der Waals surface area contributed by atoms with E-state index in [1.165, 1.54) is 16.2 Å². The molecule has 4 heterocycles. The lowest BCUT2D eigenvalue weighted by molar-refractivity contribution is 0.103. The highest BCUT2D eigenvalue weighted by Gasteiger charge is 2.17. The molecule has 4 N–H and O–H groups in total. The van der Waals surface area contributed by atoms with Crippen molar-refractivity contribution in [1.82, 2.24) is 24.8 Å². The molecule has 0 aliphatic carbocycles. The maximum Gasteiger partial charge on any atom is 0.265 e. The predicted octanol–water partition coefficient (Wildman–Crippen LogP) is 4.30. The molecule has 0 unspecified atom stereocenters. The van der Waals surface area contributed by atoms with E-state index in [0.29, 0.717) is 27.3 Å². The SMILES string of the molecule is Cc1ccc(NC(=O)c2ccc(CN3CCN(C)CC3)s2)cc1Nc1nc(-c2nccc(N)n2)cs1. The Bertz CT molecular complexity index is 1360. The van der Waals surface area contributed by atoms with Crippen LogP contribution in [0.2, 0.25) is 0 Å². The minimum Gasteiger partial charge on any atom is -0.384 e. The van der Waals surface area contributed by atoms with Crippen molar-refractivity contribution in [3.8, 4) is 11.5 Å². The molecule has 0 spiro atoms. The van der Waals surface area contributed by atoms with Crippen LogP contribution in [0.4, 0.5) is 22.3 Å². The minimum absolute atomic E-state index is 0.102. The fraction of sp³-hybridized carbons (Fsp3) is 0.280. The Morgan fingerprint density at radius 2 is 1.94 bits per heavy atom. The van der Waals surface area contributed by atoms with Crippen LogP contribution in [-0.2, 0) is 6.54 Å². The van der Waals surface area contributed by atoms with Gasteiger partial charge in [-0.25, -0.2) is 15.0 Å². The van der Waals surface area contributed by atoms with Crippen molar-refractivity contribution in [2.24, 2.45) is 0 Å². The second-order valence-electron chi connectivity index (χ2n) is 8.80. The number of carbonyl (C=O) groups is 1. The number of aromatic nitrogens is 3.